The summed E-state index contributed by atoms with van der Waals surface area (Å²) in [6, 6.07) is 10.8. The minimum absolute atomic E-state index is 0.0596. The first-order valence-corrected chi connectivity index (χ1v) is 9.43. The van der Waals surface area contributed by atoms with Crippen LogP contribution in [0.5, 0.6) is 0 Å². The SMILES string of the molecule is C[Si](C)(c1ccccc1)[C@@H]1CCCC[C@@H]1O. The summed E-state index contributed by atoms with van der Waals surface area (Å²) in [5, 5.41) is 11.7. The first-order valence-electron chi connectivity index (χ1n) is 6.36. The highest BCUT2D eigenvalue weighted by Crippen LogP contribution is 2.36. The molecule has 0 aliphatic heterocycles. The highest BCUT2D eigenvalue weighted by molar-refractivity contribution is 6.91. The first-order chi connectivity index (χ1) is 7.62. The Balaban J connectivity index is 2.23. The third kappa shape index (κ3) is 2.23. The fourth-order valence-corrected chi connectivity index (χ4v) is 6.57. The molecule has 0 saturated heterocycles. The molecule has 1 aromatic rings. The average molecular weight is 234 g/mol. The molecule has 2 atom stereocenters. The maximum atomic E-state index is 10.2. The average Bonchev–Trinajstić information content (AvgIpc) is 2.30. The van der Waals surface area contributed by atoms with Crippen LogP contribution in [0, 0.1) is 0 Å². The van der Waals surface area contributed by atoms with Gasteiger partial charge in [0, 0.05) is 0 Å². The molecule has 2 rings (SSSR count). The van der Waals surface area contributed by atoms with Crippen molar-refractivity contribution in [1.29, 1.82) is 0 Å². The molecule has 0 unspecified atom stereocenters. The van der Waals surface area contributed by atoms with Crippen molar-refractivity contribution >= 4 is 13.3 Å². The fraction of sp³-hybridized carbons (Fsp3) is 0.571. The summed E-state index contributed by atoms with van der Waals surface area (Å²) < 4.78 is 0. The van der Waals surface area contributed by atoms with Gasteiger partial charge in [0.1, 0.15) is 0 Å². The van der Waals surface area contributed by atoms with E-state index in [4.69, 9.17) is 0 Å². The van der Waals surface area contributed by atoms with E-state index in [0.717, 1.165) is 6.42 Å². The number of rotatable bonds is 2. The molecule has 1 nitrogen and oxygen atoms in total. The molecule has 0 bridgehead atoms. The van der Waals surface area contributed by atoms with E-state index in [-0.39, 0.29) is 6.10 Å². The lowest BCUT2D eigenvalue weighted by molar-refractivity contribution is 0.128. The molecule has 0 aromatic heterocycles. The second-order valence-electron chi connectivity index (χ2n) is 5.55. The summed E-state index contributed by atoms with van der Waals surface area (Å²) >= 11 is 0. The van der Waals surface area contributed by atoms with Gasteiger partial charge in [0.2, 0.25) is 0 Å². The van der Waals surface area contributed by atoms with E-state index < -0.39 is 8.07 Å². The van der Waals surface area contributed by atoms with Gasteiger partial charge >= 0.3 is 0 Å². The largest absolute Gasteiger partial charge is 0.393 e. The molecule has 1 aliphatic rings. The topological polar surface area (TPSA) is 20.2 Å². The van der Waals surface area contributed by atoms with Crippen LogP contribution < -0.4 is 5.19 Å². The van der Waals surface area contributed by atoms with Gasteiger partial charge in [0.25, 0.3) is 0 Å². The molecule has 1 fully saturated rings. The maximum Gasteiger partial charge on any atom is 0.0862 e. The Bertz CT molecular complexity index is 334. The van der Waals surface area contributed by atoms with Crippen molar-refractivity contribution in [3.05, 3.63) is 30.3 Å². The number of hydrogen-bond donors (Lipinski definition) is 1. The van der Waals surface area contributed by atoms with Crippen molar-refractivity contribution in [2.75, 3.05) is 0 Å². The van der Waals surface area contributed by atoms with Gasteiger partial charge in [-0.3, -0.25) is 0 Å². The molecule has 1 saturated carbocycles. The molecule has 1 aliphatic carbocycles. The van der Waals surface area contributed by atoms with E-state index in [0.29, 0.717) is 5.54 Å². The number of benzene rings is 1. The Hall–Kier alpha value is -0.603. The molecule has 88 valence electrons. The molecule has 0 spiro atoms. The van der Waals surface area contributed by atoms with Crippen LogP contribution in [-0.2, 0) is 0 Å². The first kappa shape index (κ1) is 11.9. The van der Waals surface area contributed by atoms with Gasteiger partial charge in [-0.2, -0.15) is 0 Å². The van der Waals surface area contributed by atoms with Crippen LogP contribution in [0.25, 0.3) is 0 Å². The molecule has 1 N–H and O–H groups in total. The van der Waals surface area contributed by atoms with E-state index in [1.54, 1.807) is 0 Å². The van der Waals surface area contributed by atoms with Crippen molar-refractivity contribution in [3.8, 4) is 0 Å². The molecular weight excluding hydrogens is 212 g/mol. The van der Waals surface area contributed by atoms with Crippen molar-refractivity contribution in [3.63, 3.8) is 0 Å². The van der Waals surface area contributed by atoms with Crippen molar-refractivity contribution in [1.82, 2.24) is 0 Å². The summed E-state index contributed by atoms with van der Waals surface area (Å²) in [6.07, 6.45) is 4.67. The van der Waals surface area contributed by atoms with E-state index in [1.807, 2.05) is 0 Å². The summed E-state index contributed by atoms with van der Waals surface area (Å²) in [5.74, 6) is 0. The van der Waals surface area contributed by atoms with Gasteiger partial charge in [0.05, 0.1) is 14.2 Å². The third-order valence-electron chi connectivity index (χ3n) is 4.17. The van der Waals surface area contributed by atoms with Crippen LogP contribution in [-0.4, -0.2) is 19.3 Å². The number of aliphatic hydroxyl groups excluding tert-OH is 1. The number of hydrogen-bond acceptors (Lipinski definition) is 1. The minimum Gasteiger partial charge on any atom is -0.393 e. The standard InChI is InChI=1S/C14H22OSi/c1-16(2,12-8-4-3-5-9-12)14-11-7-6-10-13(14)15/h3-5,8-9,13-15H,6-7,10-11H2,1-2H3/t13-,14+/m0/s1. The van der Waals surface area contributed by atoms with Gasteiger partial charge in [-0.1, -0.05) is 67.9 Å². The zero-order valence-corrected chi connectivity index (χ0v) is 11.3. The second kappa shape index (κ2) is 4.72. The van der Waals surface area contributed by atoms with Gasteiger partial charge in [-0.05, 0) is 12.0 Å². The van der Waals surface area contributed by atoms with Crippen LogP contribution >= 0.6 is 0 Å². The Morgan fingerprint density at radius 1 is 1.06 bits per heavy atom. The van der Waals surface area contributed by atoms with Crippen molar-refractivity contribution in [2.24, 2.45) is 0 Å². The highest BCUT2D eigenvalue weighted by atomic mass is 28.3. The summed E-state index contributed by atoms with van der Waals surface area (Å²) in [4.78, 5) is 0. The molecule has 2 heteroatoms. The van der Waals surface area contributed by atoms with Crippen LogP contribution in [0.1, 0.15) is 25.7 Å². The van der Waals surface area contributed by atoms with Crippen LogP contribution in [0.4, 0.5) is 0 Å². The van der Waals surface area contributed by atoms with E-state index in [1.165, 1.54) is 24.4 Å². The lowest BCUT2D eigenvalue weighted by Crippen LogP contribution is -2.50. The summed E-state index contributed by atoms with van der Waals surface area (Å²) in [5.41, 5.74) is 0.545. The third-order valence-corrected chi connectivity index (χ3v) is 8.52. The van der Waals surface area contributed by atoms with Gasteiger partial charge in [-0.15, -0.1) is 0 Å². The van der Waals surface area contributed by atoms with E-state index in [2.05, 4.69) is 43.4 Å². The predicted molar refractivity (Wildman–Crippen MR) is 71.8 cm³/mol. The van der Waals surface area contributed by atoms with Gasteiger partial charge in [-0.25, -0.2) is 0 Å². The maximum absolute atomic E-state index is 10.2. The van der Waals surface area contributed by atoms with E-state index in [9.17, 15) is 5.11 Å². The normalized spacial score (nSPS) is 26.7. The molecule has 16 heavy (non-hydrogen) atoms. The van der Waals surface area contributed by atoms with Gasteiger partial charge < -0.3 is 5.11 Å². The fourth-order valence-electron chi connectivity index (χ4n) is 3.03. The Kier molecular flexibility index (Phi) is 3.50. The van der Waals surface area contributed by atoms with Crippen molar-refractivity contribution < 1.29 is 5.11 Å². The van der Waals surface area contributed by atoms with Crippen LogP contribution in [0.2, 0.25) is 18.6 Å². The Labute approximate surface area is 99.5 Å². The lowest BCUT2D eigenvalue weighted by Gasteiger charge is -2.39. The minimum atomic E-state index is -1.49. The summed E-state index contributed by atoms with van der Waals surface area (Å²) in [7, 11) is -1.49. The molecule has 0 radical (unpaired) electrons. The zero-order valence-electron chi connectivity index (χ0n) is 10.3. The zero-order chi connectivity index (χ0) is 11.6. The molecular formula is C14H22OSi. The van der Waals surface area contributed by atoms with Gasteiger partial charge in [0.15, 0.2) is 0 Å². The molecule has 1 aromatic carbocycles. The molecule has 0 heterocycles. The quantitative estimate of drug-likeness (QED) is 0.780. The lowest BCUT2D eigenvalue weighted by atomic mass is 9.97. The smallest absolute Gasteiger partial charge is 0.0862 e. The van der Waals surface area contributed by atoms with E-state index >= 15 is 0 Å². The second-order valence-corrected chi connectivity index (χ2v) is 10.3. The Morgan fingerprint density at radius 2 is 1.69 bits per heavy atom. The Morgan fingerprint density at radius 3 is 2.31 bits per heavy atom. The highest BCUT2D eigenvalue weighted by Gasteiger charge is 2.39. The van der Waals surface area contributed by atoms with Crippen molar-refractivity contribution in [2.45, 2.75) is 50.4 Å². The van der Waals surface area contributed by atoms with Crippen LogP contribution in [0.3, 0.4) is 0 Å². The monoisotopic (exact) mass is 234 g/mol. The molecule has 0 amide bonds. The predicted octanol–water partition coefficient (Wildman–Crippen LogP) is 2.91. The number of aliphatic hydroxyl groups is 1. The summed E-state index contributed by atoms with van der Waals surface area (Å²) in [6.45, 7) is 4.81. The van der Waals surface area contributed by atoms with Crippen LogP contribution in [0.15, 0.2) is 30.3 Å².